The molecule has 1 atom stereocenters. The van der Waals surface area contributed by atoms with Crippen molar-refractivity contribution >= 4 is 18.2 Å². The largest absolute Gasteiger partial charge is 0.463 e. The minimum absolute atomic E-state index is 0.162. The lowest BCUT2D eigenvalue weighted by Gasteiger charge is -2.22. The fraction of sp³-hybridized carbons (Fsp3) is 0.476. The van der Waals surface area contributed by atoms with Gasteiger partial charge in [-0.3, -0.25) is 0 Å². The van der Waals surface area contributed by atoms with E-state index in [0.717, 1.165) is 5.56 Å². The standard InChI is InChI=1S/C21H30N2O6/c1-5-27-18(24)12-11-17(23-20(26)29-21(2,3)4)13-14-22-19(25)28-15-16-9-7-6-8-10-16/h6-12,17H,5,13-15H2,1-4H3,(H,22,25)(H,23,26). The molecule has 0 spiro atoms. The number of amides is 2. The summed E-state index contributed by atoms with van der Waals surface area (Å²) in [4.78, 5) is 35.3. The summed E-state index contributed by atoms with van der Waals surface area (Å²) in [6.45, 7) is 7.59. The molecule has 0 radical (unpaired) electrons. The molecule has 8 nitrogen and oxygen atoms in total. The van der Waals surface area contributed by atoms with Crippen molar-refractivity contribution in [2.24, 2.45) is 0 Å². The van der Waals surface area contributed by atoms with Gasteiger partial charge in [0.2, 0.25) is 0 Å². The van der Waals surface area contributed by atoms with Gasteiger partial charge < -0.3 is 24.8 Å². The first-order chi connectivity index (χ1) is 13.7. The van der Waals surface area contributed by atoms with Gasteiger partial charge in [-0.2, -0.15) is 0 Å². The molecule has 0 heterocycles. The number of carbonyl (C=O) groups is 3. The van der Waals surface area contributed by atoms with Crippen molar-refractivity contribution in [3.05, 3.63) is 48.0 Å². The summed E-state index contributed by atoms with van der Waals surface area (Å²) >= 11 is 0. The summed E-state index contributed by atoms with van der Waals surface area (Å²) in [5, 5.41) is 5.27. The number of ether oxygens (including phenoxy) is 3. The first-order valence-corrected chi connectivity index (χ1v) is 9.48. The molecule has 29 heavy (non-hydrogen) atoms. The van der Waals surface area contributed by atoms with Gasteiger partial charge in [0.15, 0.2) is 0 Å². The number of rotatable bonds is 9. The minimum atomic E-state index is -0.654. The molecule has 8 heteroatoms. The monoisotopic (exact) mass is 406 g/mol. The fourth-order valence-corrected chi connectivity index (χ4v) is 2.16. The molecule has 0 aliphatic rings. The molecule has 0 aromatic heterocycles. The SMILES string of the molecule is CCOC(=O)C=CC(CCNC(=O)OCc1ccccc1)NC(=O)OC(C)(C)C. The second-order valence-corrected chi connectivity index (χ2v) is 7.14. The second kappa shape index (κ2) is 12.4. The number of nitrogens with one attached hydrogen (secondary N) is 2. The Bertz CT molecular complexity index is 682. The Morgan fingerprint density at radius 2 is 1.76 bits per heavy atom. The maximum absolute atomic E-state index is 12.0. The van der Waals surface area contributed by atoms with Crippen LogP contribution in [0.2, 0.25) is 0 Å². The highest BCUT2D eigenvalue weighted by atomic mass is 16.6. The van der Waals surface area contributed by atoms with Crippen LogP contribution >= 0.6 is 0 Å². The van der Waals surface area contributed by atoms with Gasteiger partial charge in [-0.15, -0.1) is 0 Å². The predicted molar refractivity (Wildman–Crippen MR) is 108 cm³/mol. The van der Waals surface area contributed by atoms with E-state index in [4.69, 9.17) is 14.2 Å². The zero-order chi connectivity index (χ0) is 21.7. The maximum Gasteiger partial charge on any atom is 0.408 e. The topological polar surface area (TPSA) is 103 Å². The van der Waals surface area contributed by atoms with E-state index in [-0.39, 0.29) is 19.8 Å². The molecule has 0 saturated carbocycles. The van der Waals surface area contributed by atoms with Crippen molar-refractivity contribution in [1.82, 2.24) is 10.6 Å². The van der Waals surface area contributed by atoms with Crippen molar-refractivity contribution in [3.63, 3.8) is 0 Å². The Kier molecular flexibility index (Phi) is 10.3. The van der Waals surface area contributed by atoms with Crippen molar-refractivity contribution in [2.45, 2.75) is 52.4 Å². The summed E-state index contributed by atoms with van der Waals surface area (Å²) in [6, 6.07) is 8.77. The van der Waals surface area contributed by atoms with Crippen molar-refractivity contribution in [1.29, 1.82) is 0 Å². The van der Waals surface area contributed by atoms with Gasteiger partial charge in [0.05, 0.1) is 12.6 Å². The number of esters is 1. The van der Waals surface area contributed by atoms with Crippen LogP contribution in [0.15, 0.2) is 42.5 Å². The smallest absolute Gasteiger partial charge is 0.408 e. The van der Waals surface area contributed by atoms with E-state index in [1.807, 2.05) is 30.3 Å². The summed E-state index contributed by atoms with van der Waals surface area (Å²) < 4.78 is 15.2. The summed E-state index contributed by atoms with van der Waals surface area (Å²) in [6.07, 6.45) is 1.87. The Hall–Kier alpha value is -3.03. The van der Waals surface area contributed by atoms with Gasteiger partial charge in [0.25, 0.3) is 0 Å². The molecular formula is C21H30N2O6. The Labute approximate surface area is 171 Å². The fourth-order valence-electron chi connectivity index (χ4n) is 2.16. The van der Waals surface area contributed by atoms with Gasteiger partial charge >= 0.3 is 18.2 Å². The van der Waals surface area contributed by atoms with Crippen molar-refractivity contribution in [2.75, 3.05) is 13.2 Å². The minimum Gasteiger partial charge on any atom is -0.463 e. The molecule has 2 N–H and O–H groups in total. The lowest BCUT2D eigenvalue weighted by atomic mass is 10.2. The first-order valence-electron chi connectivity index (χ1n) is 9.48. The Morgan fingerprint density at radius 1 is 1.07 bits per heavy atom. The highest BCUT2D eigenvalue weighted by Crippen LogP contribution is 2.07. The van der Waals surface area contributed by atoms with Crippen LogP contribution in [0, 0.1) is 0 Å². The van der Waals surface area contributed by atoms with Crippen LogP contribution in [0.25, 0.3) is 0 Å². The van der Waals surface area contributed by atoms with Crippen LogP contribution in [0.5, 0.6) is 0 Å². The van der Waals surface area contributed by atoms with Crippen LogP contribution in [0.4, 0.5) is 9.59 Å². The number of alkyl carbamates (subject to hydrolysis) is 2. The number of hydrogen-bond donors (Lipinski definition) is 2. The zero-order valence-corrected chi connectivity index (χ0v) is 17.4. The van der Waals surface area contributed by atoms with Gasteiger partial charge in [-0.25, -0.2) is 14.4 Å². The van der Waals surface area contributed by atoms with Crippen LogP contribution in [0.1, 0.15) is 39.7 Å². The third kappa shape index (κ3) is 12.1. The molecule has 0 aliphatic carbocycles. The molecule has 0 saturated heterocycles. The molecule has 1 rings (SSSR count). The van der Waals surface area contributed by atoms with Crippen molar-refractivity contribution < 1.29 is 28.6 Å². The van der Waals surface area contributed by atoms with E-state index in [0.29, 0.717) is 6.42 Å². The first kappa shape index (κ1) is 24.0. The molecule has 1 aromatic carbocycles. The Balaban J connectivity index is 2.51. The molecule has 1 aromatic rings. The average Bonchev–Trinajstić information content (AvgIpc) is 2.64. The average molecular weight is 406 g/mol. The normalized spacial score (nSPS) is 12.1. The molecule has 0 bridgehead atoms. The van der Waals surface area contributed by atoms with Crippen LogP contribution in [-0.2, 0) is 25.6 Å². The third-order valence-electron chi connectivity index (χ3n) is 3.39. The van der Waals surface area contributed by atoms with Crippen molar-refractivity contribution in [3.8, 4) is 0 Å². The highest BCUT2D eigenvalue weighted by Gasteiger charge is 2.18. The summed E-state index contributed by atoms with van der Waals surface area (Å²) in [5.74, 6) is -0.515. The number of hydrogen-bond acceptors (Lipinski definition) is 6. The third-order valence-corrected chi connectivity index (χ3v) is 3.39. The Morgan fingerprint density at radius 3 is 2.38 bits per heavy atom. The predicted octanol–water partition coefficient (Wildman–Crippen LogP) is 3.32. The van der Waals surface area contributed by atoms with Crippen LogP contribution in [0.3, 0.4) is 0 Å². The van der Waals surface area contributed by atoms with E-state index >= 15 is 0 Å². The van der Waals surface area contributed by atoms with Crippen LogP contribution < -0.4 is 10.6 Å². The van der Waals surface area contributed by atoms with Gasteiger partial charge in [0.1, 0.15) is 12.2 Å². The van der Waals surface area contributed by atoms with E-state index in [2.05, 4.69) is 10.6 Å². The maximum atomic E-state index is 12.0. The van der Waals surface area contributed by atoms with Gasteiger partial charge in [0, 0.05) is 12.6 Å². The second-order valence-electron chi connectivity index (χ2n) is 7.14. The number of carbonyl (C=O) groups excluding carboxylic acids is 3. The van der Waals surface area contributed by atoms with E-state index in [9.17, 15) is 14.4 Å². The highest BCUT2D eigenvalue weighted by molar-refractivity contribution is 5.82. The quantitative estimate of drug-likeness (QED) is 0.370. The molecular weight excluding hydrogens is 376 g/mol. The van der Waals surface area contributed by atoms with Crippen LogP contribution in [-0.4, -0.2) is 43.0 Å². The van der Waals surface area contributed by atoms with Gasteiger partial charge in [-0.1, -0.05) is 36.4 Å². The number of benzene rings is 1. The molecule has 0 fully saturated rings. The van der Waals surface area contributed by atoms with E-state index in [1.54, 1.807) is 27.7 Å². The van der Waals surface area contributed by atoms with Gasteiger partial charge in [-0.05, 0) is 39.7 Å². The summed E-state index contributed by atoms with van der Waals surface area (Å²) in [7, 11) is 0. The molecule has 0 aliphatic heterocycles. The lowest BCUT2D eigenvalue weighted by molar-refractivity contribution is -0.137. The van der Waals surface area contributed by atoms with E-state index in [1.165, 1.54) is 12.2 Å². The van der Waals surface area contributed by atoms with E-state index < -0.39 is 29.8 Å². The lowest BCUT2D eigenvalue weighted by Crippen LogP contribution is -2.40. The zero-order valence-electron chi connectivity index (χ0n) is 17.4. The molecule has 1 unspecified atom stereocenters. The molecule has 160 valence electrons. The summed E-state index contributed by atoms with van der Waals surface area (Å²) in [5.41, 5.74) is 0.225. The molecule has 2 amide bonds.